The molecular weight excluding hydrogens is 194 g/mol. The van der Waals surface area contributed by atoms with Crippen LogP contribution in [0.5, 0.6) is 0 Å². The second kappa shape index (κ2) is 2.82. The van der Waals surface area contributed by atoms with Crippen LogP contribution in [0.25, 0.3) is 0 Å². The summed E-state index contributed by atoms with van der Waals surface area (Å²) in [5.74, 6) is -1.23. The quantitative estimate of drug-likeness (QED) is 0.727. The molecule has 1 aliphatic rings. The average molecular weight is 205 g/mol. The molecule has 4 heteroatoms. The Hall–Kier alpha value is -1.84. The van der Waals surface area contributed by atoms with Crippen LogP contribution in [0.1, 0.15) is 40.1 Å². The zero-order chi connectivity index (χ0) is 11.2. The lowest BCUT2D eigenvalue weighted by Crippen LogP contribution is -2.32. The third-order valence-electron chi connectivity index (χ3n) is 2.61. The van der Waals surface area contributed by atoms with E-state index in [0.717, 1.165) is 5.56 Å². The number of aromatic carboxylic acids is 1. The van der Waals surface area contributed by atoms with E-state index in [4.69, 9.17) is 5.11 Å². The summed E-state index contributed by atoms with van der Waals surface area (Å²) in [5.41, 5.74) is 1.03. The summed E-state index contributed by atoms with van der Waals surface area (Å²) in [4.78, 5) is 22.3. The van der Waals surface area contributed by atoms with Crippen molar-refractivity contribution in [3.63, 3.8) is 0 Å². The van der Waals surface area contributed by atoms with Crippen LogP contribution >= 0.6 is 0 Å². The number of amides is 1. The second-order valence-electron chi connectivity index (χ2n) is 4.14. The summed E-state index contributed by atoms with van der Waals surface area (Å²) in [5, 5.41) is 11.6. The Kier molecular flexibility index (Phi) is 1.83. The van der Waals surface area contributed by atoms with E-state index in [1.54, 1.807) is 6.07 Å². The third kappa shape index (κ3) is 1.38. The van der Waals surface area contributed by atoms with E-state index in [-0.39, 0.29) is 11.5 Å². The van der Waals surface area contributed by atoms with E-state index in [9.17, 15) is 9.59 Å². The van der Waals surface area contributed by atoms with Crippen molar-refractivity contribution in [2.24, 2.45) is 0 Å². The number of hydrogen-bond acceptors (Lipinski definition) is 2. The van der Waals surface area contributed by atoms with Gasteiger partial charge in [0.25, 0.3) is 5.91 Å². The van der Waals surface area contributed by atoms with E-state index in [2.05, 4.69) is 5.32 Å². The normalized spacial score (nSPS) is 17.1. The molecule has 0 atom stereocenters. The molecule has 0 fully saturated rings. The highest BCUT2D eigenvalue weighted by atomic mass is 16.4. The molecule has 0 unspecified atom stereocenters. The van der Waals surface area contributed by atoms with Gasteiger partial charge in [-0.05, 0) is 31.5 Å². The molecule has 1 aromatic rings. The second-order valence-corrected chi connectivity index (χ2v) is 4.14. The summed E-state index contributed by atoms with van der Waals surface area (Å²) < 4.78 is 0. The summed E-state index contributed by atoms with van der Waals surface area (Å²) in [6.45, 7) is 3.77. The van der Waals surface area contributed by atoms with Crippen LogP contribution in [0.15, 0.2) is 18.2 Å². The molecule has 15 heavy (non-hydrogen) atoms. The van der Waals surface area contributed by atoms with E-state index >= 15 is 0 Å². The minimum Gasteiger partial charge on any atom is -0.478 e. The lowest BCUT2D eigenvalue weighted by molar-refractivity contribution is 0.0697. The van der Waals surface area contributed by atoms with E-state index in [1.807, 2.05) is 13.8 Å². The fourth-order valence-electron chi connectivity index (χ4n) is 1.83. The van der Waals surface area contributed by atoms with Crippen LogP contribution in [0.3, 0.4) is 0 Å². The molecule has 78 valence electrons. The Morgan fingerprint density at radius 2 is 2.07 bits per heavy atom. The molecule has 2 rings (SSSR count). The fourth-order valence-corrected chi connectivity index (χ4v) is 1.83. The van der Waals surface area contributed by atoms with Crippen molar-refractivity contribution >= 4 is 11.9 Å². The molecule has 1 aliphatic heterocycles. The first-order valence-corrected chi connectivity index (χ1v) is 4.62. The summed E-state index contributed by atoms with van der Waals surface area (Å²) in [6, 6.07) is 4.63. The van der Waals surface area contributed by atoms with E-state index in [1.165, 1.54) is 12.1 Å². The van der Waals surface area contributed by atoms with Crippen LogP contribution in [-0.2, 0) is 5.54 Å². The molecule has 1 heterocycles. The highest BCUT2D eigenvalue weighted by molar-refractivity contribution is 6.02. The highest BCUT2D eigenvalue weighted by Crippen LogP contribution is 2.30. The molecule has 0 aromatic heterocycles. The van der Waals surface area contributed by atoms with Gasteiger partial charge in [-0.1, -0.05) is 6.07 Å². The zero-order valence-electron chi connectivity index (χ0n) is 8.50. The number of hydrogen-bond donors (Lipinski definition) is 2. The van der Waals surface area contributed by atoms with Crippen molar-refractivity contribution in [1.82, 2.24) is 5.32 Å². The third-order valence-corrected chi connectivity index (χ3v) is 2.61. The number of rotatable bonds is 1. The number of carboxylic acids is 1. The van der Waals surface area contributed by atoms with Gasteiger partial charge in [0.05, 0.1) is 11.1 Å². The lowest BCUT2D eigenvalue weighted by Gasteiger charge is -2.18. The first-order chi connectivity index (χ1) is 6.92. The van der Waals surface area contributed by atoms with Gasteiger partial charge in [0.15, 0.2) is 0 Å². The van der Waals surface area contributed by atoms with Crippen LogP contribution < -0.4 is 5.32 Å². The molecule has 4 nitrogen and oxygen atoms in total. The van der Waals surface area contributed by atoms with Gasteiger partial charge < -0.3 is 10.4 Å². The molecular formula is C11H11NO3. The maximum Gasteiger partial charge on any atom is 0.335 e. The number of carbonyl (C=O) groups excluding carboxylic acids is 1. The van der Waals surface area contributed by atoms with Gasteiger partial charge in [0.1, 0.15) is 0 Å². The fraction of sp³-hybridized carbons (Fsp3) is 0.273. The zero-order valence-corrected chi connectivity index (χ0v) is 8.50. The van der Waals surface area contributed by atoms with Gasteiger partial charge >= 0.3 is 5.97 Å². The molecule has 0 saturated carbocycles. The average Bonchev–Trinajstić information content (AvgIpc) is 2.37. The maximum atomic E-state index is 11.6. The molecule has 0 spiro atoms. The number of carboxylic acid groups (broad SMARTS) is 1. The first kappa shape index (κ1) is 9.71. The van der Waals surface area contributed by atoms with Crippen molar-refractivity contribution < 1.29 is 14.7 Å². The summed E-state index contributed by atoms with van der Waals surface area (Å²) in [7, 11) is 0. The van der Waals surface area contributed by atoms with Crippen molar-refractivity contribution in [3.05, 3.63) is 34.9 Å². The standard InChI is InChI=1S/C11H11NO3/c1-11(2)8-4-3-6(10(14)15)5-7(8)9(13)12-11/h3-5H,1-2H3,(H,12,13)(H,14,15). The first-order valence-electron chi connectivity index (χ1n) is 4.62. The summed E-state index contributed by atoms with van der Waals surface area (Å²) in [6.07, 6.45) is 0. The Labute approximate surface area is 86.9 Å². The molecule has 1 amide bonds. The monoisotopic (exact) mass is 205 g/mol. The van der Waals surface area contributed by atoms with Crippen molar-refractivity contribution in [2.45, 2.75) is 19.4 Å². The molecule has 0 bridgehead atoms. The Bertz CT molecular complexity index is 463. The van der Waals surface area contributed by atoms with Crippen molar-refractivity contribution in [2.75, 3.05) is 0 Å². The van der Waals surface area contributed by atoms with Crippen LogP contribution in [-0.4, -0.2) is 17.0 Å². The van der Waals surface area contributed by atoms with E-state index < -0.39 is 11.5 Å². The Morgan fingerprint density at radius 1 is 1.40 bits per heavy atom. The number of fused-ring (bicyclic) bond motifs is 1. The van der Waals surface area contributed by atoms with E-state index in [0.29, 0.717) is 5.56 Å². The smallest absolute Gasteiger partial charge is 0.335 e. The molecule has 0 saturated heterocycles. The topological polar surface area (TPSA) is 66.4 Å². The minimum atomic E-state index is -1.02. The summed E-state index contributed by atoms with van der Waals surface area (Å²) >= 11 is 0. The van der Waals surface area contributed by atoms with Crippen LogP contribution in [0, 0.1) is 0 Å². The van der Waals surface area contributed by atoms with Gasteiger partial charge in [-0.15, -0.1) is 0 Å². The van der Waals surface area contributed by atoms with Gasteiger partial charge in [-0.2, -0.15) is 0 Å². The molecule has 0 aliphatic carbocycles. The predicted octanol–water partition coefficient (Wildman–Crippen LogP) is 1.36. The van der Waals surface area contributed by atoms with Gasteiger partial charge in [-0.25, -0.2) is 4.79 Å². The van der Waals surface area contributed by atoms with Crippen molar-refractivity contribution in [3.8, 4) is 0 Å². The molecule has 1 aromatic carbocycles. The Balaban J connectivity index is 2.60. The van der Waals surface area contributed by atoms with Gasteiger partial charge in [-0.3, -0.25) is 4.79 Å². The van der Waals surface area contributed by atoms with Gasteiger partial charge in [0, 0.05) is 5.56 Å². The molecule has 2 N–H and O–H groups in total. The SMILES string of the molecule is CC1(C)NC(=O)c2cc(C(=O)O)ccc21. The largest absolute Gasteiger partial charge is 0.478 e. The maximum absolute atomic E-state index is 11.6. The molecule has 0 radical (unpaired) electrons. The predicted molar refractivity (Wildman–Crippen MR) is 53.9 cm³/mol. The Morgan fingerprint density at radius 3 is 2.67 bits per heavy atom. The number of nitrogens with one attached hydrogen (secondary N) is 1. The number of benzene rings is 1. The van der Waals surface area contributed by atoms with Crippen molar-refractivity contribution in [1.29, 1.82) is 0 Å². The lowest BCUT2D eigenvalue weighted by atomic mass is 9.93. The van der Waals surface area contributed by atoms with Crippen LogP contribution in [0.4, 0.5) is 0 Å². The van der Waals surface area contributed by atoms with Crippen LogP contribution in [0.2, 0.25) is 0 Å². The number of carbonyl (C=O) groups is 2. The minimum absolute atomic E-state index is 0.140. The highest BCUT2D eigenvalue weighted by Gasteiger charge is 2.35. The van der Waals surface area contributed by atoms with Gasteiger partial charge in [0.2, 0.25) is 0 Å².